The van der Waals surface area contributed by atoms with Gasteiger partial charge in [-0.25, -0.2) is 0 Å². The van der Waals surface area contributed by atoms with Gasteiger partial charge >= 0.3 is 0 Å². The molecule has 2 heterocycles. The van der Waals surface area contributed by atoms with E-state index in [1.54, 1.807) is 12.1 Å². The van der Waals surface area contributed by atoms with Crippen molar-refractivity contribution < 1.29 is 14.4 Å². The van der Waals surface area contributed by atoms with E-state index in [0.29, 0.717) is 17.1 Å². The molecule has 4 aromatic rings. The van der Waals surface area contributed by atoms with Crippen molar-refractivity contribution in [3.8, 4) is 0 Å². The number of fused-ring (bicyclic) bond motifs is 1. The molecule has 1 aliphatic heterocycles. The number of para-hydroxylation sites is 1. The van der Waals surface area contributed by atoms with Crippen LogP contribution in [0.25, 0.3) is 17.0 Å². The van der Waals surface area contributed by atoms with E-state index in [2.05, 4.69) is 41.1 Å². The third-order valence-corrected chi connectivity index (χ3v) is 7.45. The Balaban J connectivity index is 1.36. The van der Waals surface area contributed by atoms with Gasteiger partial charge in [-0.2, -0.15) is 0 Å². The van der Waals surface area contributed by atoms with Crippen LogP contribution in [0.3, 0.4) is 0 Å². The summed E-state index contributed by atoms with van der Waals surface area (Å²) in [5.74, 6) is -0.873. The van der Waals surface area contributed by atoms with Gasteiger partial charge in [-0.15, -0.1) is 0 Å². The molecule has 1 N–H and O–H groups in total. The molecule has 0 radical (unpaired) electrons. The smallest absolute Gasteiger partial charge is 0.294 e. The Labute approximate surface area is 220 Å². The first-order chi connectivity index (χ1) is 17.8. The first-order valence-electron chi connectivity index (χ1n) is 12.0. The average Bonchev–Trinajstić information content (AvgIpc) is 3.35. The number of aromatic nitrogens is 1. The van der Waals surface area contributed by atoms with Crippen molar-refractivity contribution in [3.05, 3.63) is 106 Å². The standard InChI is InChI=1S/C30H27N3O3S/c1-19-8-11-22(12-9-19)16-32-17-23(25-6-4-5-7-26(25)32)15-27-29(35)33(30(36)37-27)18-28(34)31-24-13-10-20(2)21(3)14-24/h4-15,17H,16,18H2,1-3H3,(H,31,34)/b27-15-. The van der Waals surface area contributed by atoms with Crippen molar-refractivity contribution in [2.75, 3.05) is 11.9 Å². The molecule has 1 fully saturated rings. The SMILES string of the molecule is Cc1ccc(Cn2cc(/C=C3\SC(=O)N(CC(=O)Nc4ccc(C)c(C)c4)C3=O)c3ccccc32)cc1. The fourth-order valence-electron chi connectivity index (χ4n) is 4.35. The number of hydrogen-bond acceptors (Lipinski definition) is 4. The van der Waals surface area contributed by atoms with Crippen LogP contribution in [-0.2, 0) is 16.1 Å². The van der Waals surface area contributed by atoms with Gasteiger partial charge in [0.15, 0.2) is 0 Å². The van der Waals surface area contributed by atoms with Gasteiger partial charge in [0, 0.05) is 34.9 Å². The summed E-state index contributed by atoms with van der Waals surface area (Å²) in [7, 11) is 0. The molecule has 0 unspecified atom stereocenters. The summed E-state index contributed by atoms with van der Waals surface area (Å²) in [5.41, 5.74) is 7.09. The van der Waals surface area contributed by atoms with Crippen molar-refractivity contribution >= 4 is 51.5 Å². The number of carbonyl (C=O) groups excluding carboxylic acids is 3. The van der Waals surface area contributed by atoms with Gasteiger partial charge in [0.1, 0.15) is 6.54 Å². The lowest BCUT2D eigenvalue weighted by Gasteiger charge is -2.13. The zero-order chi connectivity index (χ0) is 26.1. The van der Waals surface area contributed by atoms with Gasteiger partial charge in [-0.05, 0) is 73.5 Å². The van der Waals surface area contributed by atoms with E-state index in [1.807, 2.05) is 56.4 Å². The average molecular weight is 510 g/mol. The summed E-state index contributed by atoms with van der Waals surface area (Å²) >= 11 is 0.862. The second-order valence-corrected chi connectivity index (χ2v) is 10.3. The fourth-order valence-corrected chi connectivity index (χ4v) is 5.18. The highest BCUT2D eigenvalue weighted by Gasteiger charge is 2.36. The van der Waals surface area contributed by atoms with E-state index in [0.717, 1.165) is 44.3 Å². The maximum absolute atomic E-state index is 13.1. The van der Waals surface area contributed by atoms with E-state index in [9.17, 15) is 14.4 Å². The molecule has 7 heteroatoms. The summed E-state index contributed by atoms with van der Waals surface area (Å²) in [5, 5.41) is 3.32. The van der Waals surface area contributed by atoms with Crippen molar-refractivity contribution in [1.82, 2.24) is 9.47 Å². The molecule has 0 saturated carbocycles. The van der Waals surface area contributed by atoms with Gasteiger partial charge in [-0.3, -0.25) is 19.3 Å². The van der Waals surface area contributed by atoms with E-state index in [4.69, 9.17) is 0 Å². The van der Waals surface area contributed by atoms with E-state index >= 15 is 0 Å². The second-order valence-electron chi connectivity index (χ2n) is 9.33. The number of benzene rings is 3. The predicted molar refractivity (Wildman–Crippen MR) is 149 cm³/mol. The zero-order valence-electron chi connectivity index (χ0n) is 20.9. The third-order valence-electron chi connectivity index (χ3n) is 6.55. The molecular formula is C30H27N3O3S. The summed E-state index contributed by atoms with van der Waals surface area (Å²) < 4.78 is 2.15. The molecule has 37 heavy (non-hydrogen) atoms. The summed E-state index contributed by atoms with van der Waals surface area (Å²) in [6, 6.07) is 22.0. The van der Waals surface area contributed by atoms with E-state index in [1.165, 1.54) is 11.1 Å². The zero-order valence-corrected chi connectivity index (χ0v) is 21.8. The summed E-state index contributed by atoms with van der Waals surface area (Å²) in [4.78, 5) is 39.7. The minimum absolute atomic E-state index is 0.308. The van der Waals surface area contributed by atoms with Gasteiger partial charge in [-0.1, -0.05) is 54.1 Å². The molecule has 0 spiro atoms. The lowest BCUT2D eigenvalue weighted by atomic mass is 10.1. The molecule has 6 nitrogen and oxygen atoms in total. The number of aryl methyl sites for hydroxylation is 3. The van der Waals surface area contributed by atoms with Crippen LogP contribution >= 0.6 is 11.8 Å². The molecular weight excluding hydrogens is 482 g/mol. The number of amides is 3. The Morgan fingerprint density at radius 1 is 0.946 bits per heavy atom. The topological polar surface area (TPSA) is 71.4 Å². The maximum atomic E-state index is 13.1. The van der Waals surface area contributed by atoms with Crippen LogP contribution < -0.4 is 5.32 Å². The number of nitrogens with zero attached hydrogens (tertiary/aromatic N) is 2. The van der Waals surface area contributed by atoms with Gasteiger partial charge < -0.3 is 9.88 Å². The minimum Gasteiger partial charge on any atom is -0.342 e. The first kappa shape index (κ1) is 24.6. The molecule has 3 amide bonds. The van der Waals surface area contributed by atoms with Crippen LogP contribution in [0.5, 0.6) is 0 Å². The fraction of sp³-hybridized carbons (Fsp3) is 0.167. The molecule has 1 aliphatic rings. The minimum atomic E-state index is -0.458. The number of thioether (sulfide) groups is 1. The van der Waals surface area contributed by atoms with Crippen LogP contribution in [0.1, 0.15) is 27.8 Å². The Morgan fingerprint density at radius 2 is 1.70 bits per heavy atom. The van der Waals surface area contributed by atoms with Gasteiger partial charge in [0.25, 0.3) is 11.1 Å². The van der Waals surface area contributed by atoms with Crippen LogP contribution in [0.2, 0.25) is 0 Å². The largest absolute Gasteiger partial charge is 0.342 e. The summed E-state index contributed by atoms with van der Waals surface area (Å²) in [6.07, 6.45) is 3.76. The number of nitrogens with one attached hydrogen (secondary N) is 1. The van der Waals surface area contributed by atoms with E-state index < -0.39 is 17.1 Å². The normalized spacial score (nSPS) is 14.7. The number of carbonyl (C=O) groups is 3. The van der Waals surface area contributed by atoms with Crippen LogP contribution in [0.4, 0.5) is 10.5 Å². The Morgan fingerprint density at radius 3 is 2.46 bits per heavy atom. The number of anilines is 1. The summed E-state index contributed by atoms with van der Waals surface area (Å²) in [6.45, 7) is 6.38. The van der Waals surface area contributed by atoms with E-state index in [-0.39, 0.29) is 6.54 Å². The third kappa shape index (κ3) is 5.22. The van der Waals surface area contributed by atoms with Crippen molar-refractivity contribution in [2.45, 2.75) is 27.3 Å². The van der Waals surface area contributed by atoms with Crippen LogP contribution in [0.15, 0.2) is 77.8 Å². The monoisotopic (exact) mass is 509 g/mol. The van der Waals surface area contributed by atoms with Crippen LogP contribution in [0, 0.1) is 20.8 Å². The lowest BCUT2D eigenvalue weighted by molar-refractivity contribution is -0.127. The number of imide groups is 1. The van der Waals surface area contributed by atoms with Crippen molar-refractivity contribution in [2.24, 2.45) is 0 Å². The Kier molecular flexibility index (Phi) is 6.72. The van der Waals surface area contributed by atoms with Crippen molar-refractivity contribution in [3.63, 3.8) is 0 Å². The molecule has 186 valence electrons. The molecule has 0 aliphatic carbocycles. The molecule has 1 saturated heterocycles. The second kappa shape index (κ2) is 10.1. The molecule has 0 bridgehead atoms. The van der Waals surface area contributed by atoms with Gasteiger partial charge in [0.05, 0.1) is 4.91 Å². The molecule has 5 rings (SSSR count). The maximum Gasteiger partial charge on any atom is 0.294 e. The Bertz CT molecular complexity index is 1570. The molecule has 0 atom stereocenters. The Hall–Kier alpha value is -4.10. The quantitative estimate of drug-likeness (QED) is 0.310. The van der Waals surface area contributed by atoms with Gasteiger partial charge in [0.2, 0.25) is 5.91 Å². The number of rotatable bonds is 6. The highest BCUT2D eigenvalue weighted by atomic mass is 32.2. The number of hydrogen-bond donors (Lipinski definition) is 1. The first-order valence-corrected chi connectivity index (χ1v) is 12.9. The van der Waals surface area contributed by atoms with Crippen molar-refractivity contribution in [1.29, 1.82) is 0 Å². The predicted octanol–water partition coefficient (Wildman–Crippen LogP) is 6.29. The lowest BCUT2D eigenvalue weighted by Crippen LogP contribution is -2.36. The highest BCUT2D eigenvalue weighted by molar-refractivity contribution is 8.18. The highest BCUT2D eigenvalue weighted by Crippen LogP contribution is 2.34. The molecule has 3 aromatic carbocycles. The van der Waals surface area contributed by atoms with Crippen LogP contribution in [-0.4, -0.2) is 33.1 Å². The molecule has 1 aromatic heterocycles.